The van der Waals surface area contributed by atoms with Crippen LogP contribution in [0.2, 0.25) is 0 Å². The Morgan fingerprint density at radius 1 is 1.47 bits per heavy atom. The molecule has 0 saturated heterocycles. The molecule has 0 aromatic carbocycles. The highest BCUT2D eigenvalue weighted by Crippen LogP contribution is 2.24. The highest BCUT2D eigenvalue weighted by atomic mass is 79.9. The standard InChI is InChI=1S/C11H8BrNOS/c12-9-3-5-15-11(9)10(14)6-8-2-1-4-13-7-8/h1-5,7H,6H2. The van der Waals surface area contributed by atoms with Crippen molar-refractivity contribution in [1.29, 1.82) is 0 Å². The number of thiophene rings is 1. The van der Waals surface area contributed by atoms with E-state index in [9.17, 15) is 4.79 Å². The Morgan fingerprint density at radius 3 is 2.93 bits per heavy atom. The van der Waals surface area contributed by atoms with Crippen molar-refractivity contribution in [2.45, 2.75) is 6.42 Å². The average molecular weight is 282 g/mol. The van der Waals surface area contributed by atoms with Gasteiger partial charge in [-0.05, 0) is 39.0 Å². The molecule has 2 rings (SSSR count). The summed E-state index contributed by atoms with van der Waals surface area (Å²) in [6.07, 6.45) is 3.83. The molecule has 0 bridgehead atoms. The fraction of sp³-hybridized carbons (Fsp3) is 0.0909. The van der Waals surface area contributed by atoms with Crippen molar-refractivity contribution < 1.29 is 4.79 Å². The van der Waals surface area contributed by atoms with Gasteiger partial charge in [0.25, 0.3) is 0 Å². The van der Waals surface area contributed by atoms with E-state index in [0.717, 1.165) is 14.9 Å². The first-order valence-corrected chi connectivity index (χ1v) is 6.10. The lowest BCUT2D eigenvalue weighted by Crippen LogP contribution is -2.01. The smallest absolute Gasteiger partial charge is 0.178 e. The lowest BCUT2D eigenvalue weighted by Gasteiger charge is -1.98. The molecule has 2 aromatic heterocycles. The number of Topliss-reactive ketones (excluding diaryl/α,β-unsaturated/α-hetero) is 1. The maximum Gasteiger partial charge on any atom is 0.178 e. The number of halogens is 1. The van der Waals surface area contributed by atoms with Crippen molar-refractivity contribution in [2.75, 3.05) is 0 Å². The van der Waals surface area contributed by atoms with Gasteiger partial charge < -0.3 is 0 Å². The Kier molecular flexibility index (Phi) is 3.28. The summed E-state index contributed by atoms with van der Waals surface area (Å²) in [5, 5.41) is 1.90. The number of aromatic nitrogens is 1. The van der Waals surface area contributed by atoms with E-state index in [1.807, 2.05) is 23.6 Å². The van der Waals surface area contributed by atoms with Gasteiger partial charge in [0.05, 0.1) is 4.88 Å². The molecule has 0 unspecified atom stereocenters. The number of carbonyl (C=O) groups excluding carboxylic acids is 1. The van der Waals surface area contributed by atoms with Crippen molar-refractivity contribution in [3.8, 4) is 0 Å². The maximum absolute atomic E-state index is 11.8. The summed E-state index contributed by atoms with van der Waals surface area (Å²) in [6.45, 7) is 0. The van der Waals surface area contributed by atoms with Crippen LogP contribution in [0.3, 0.4) is 0 Å². The summed E-state index contributed by atoms with van der Waals surface area (Å²) in [5.41, 5.74) is 0.947. The zero-order valence-corrected chi connectivity index (χ0v) is 10.2. The summed E-state index contributed by atoms with van der Waals surface area (Å²) in [5.74, 6) is 0.130. The molecule has 0 saturated carbocycles. The largest absolute Gasteiger partial charge is 0.293 e. The number of pyridine rings is 1. The topological polar surface area (TPSA) is 30.0 Å². The van der Waals surface area contributed by atoms with Gasteiger partial charge in [-0.15, -0.1) is 11.3 Å². The third-order valence-corrected chi connectivity index (χ3v) is 3.84. The third-order valence-electron chi connectivity index (χ3n) is 1.96. The molecule has 0 aliphatic heterocycles. The molecular formula is C11H8BrNOS. The second kappa shape index (κ2) is 4.68. The zero-order valence-electron chi connectivity index (χ0n) is 7.81. The fourth-order valence-electron chi connectivity index (χ4n) is 1.26. The van der Waals surface area contributed by atoms with E-state index in [-0.39, 0.29) is 5.78 Å². The SMILES string of the molecule is O=C(Cc1cccnc1)c1sccc1Br. The molecule has 0 N–H and O–H groups in total. The number of ketones is 1. The minimum Gasteiger partial charge on any atom is -0.293 e. The molecule has 0 fully saturated rings. The number of hydrogen-bond acceptors (Lipinski definition) is 3. The monoisotopic (exact) mass is 281 g/mol. The van der Waals surface area contributed by atoms with Crippen molar-refractivity contribution in [3.05, 3.63) is 50.9 Å². The second-order valence-corrected chi connectivity index (χ2v) is 4.83. The third kappa shape index (κ3) is 2.52. The van der Waals surface area contributed by atoms with Crippen LogP contribution in [-0.2, 0) is 6.42 Å². The van der Waals surface area contributed by atoms with Crippen molar-refractivity contribution >= 4 is 33.0 Å². The van der Waals surface area contributed by atoms with Gasteiger partial charge in [0.1, 0.15) is 0 Å². The number of carbonyl (C=O) groups is 1. The zero-order chi connectivity index (χ0) is 10.7. The van der Waals surface area contributed by atoms with Gasteiger partial charge >= 0.3 is 0 Å². The Labute approximate surface area is 100 Å². The first-order chi connectivity index (χ1) is 7.27. The summed E-state index contributed by atoms with van der Waals surface area (Å²) in [6, 6.07) is 5.64. The van der Waals surface area contributed by atoms with E-state index in [2.05, 4.69) is 20.9 Å². The summed E-state index contributed by atoms with van der Waals surface area (Å²) < 4.78 is 0.876. The van der Waals surface area contributed by atoms with E-state index in [0.29, 0.717) is 6.42 Å². The Morgan fingerprint density at radius 2 is 2.33 bits per heavy atom. The normalized spacial score (nSPS) is 10.2. The summed E-state index contributed by atoms with van der Waals surface area (Å²) in [4.78, 5) is 16.6. The Balaban J connectivity index is 2.15. The maximum atomic E-state index is 11.8. The molecule has 0 aliphatic rings. The van der Waals surface area contributed by atoms with Crippen LogP contribution < -0.4 is 0 Å². The van der Waals surface area contributed by atoms with Crippen LogP contribution in [-0.4, -0.2) is 10.8 Å². The predicted molar refractivity (Wildman–Crippen MR) is 64.3 cm³/mol. The molecule has 2 heterocycles. The van der Waals surface area contributed by atoms with Gasteiger partial charge in [-0.2, -0.15) is 0 Å². The molecule has 0 spiro atoms. The van der Waals surface area contributed by atoms with Crippen molar-refractivity contribution in [2.24, 2.45) is 0 Å². The molecular weight excluding hydrogens is 274 g/mol. The predicted octanol–water partition coefficient (Wildman–Crippen LogP) is 3.33. The average Bonchev–Trinajstić information content (AvgIpc) is 2.66. The molecule has 0 radical (unpaired) electrons. The van der Waals surface area contributed by atoms with Gasteiger partial charge in [0.15, 0.2) is 5.78 Å². The lowest BCUT2D eigenvalue weighted by molar-refractivity contribution is 0.0996. The van der Waals surface area contributed by atoms with Crippen LogP contribution in [0.5, 0.6) is 0 Å². The molecule has 15 heavy (non-hydrogen) atoms. The molecule has 0 atom stereocenters. The minimum absolute atomic E-state index is 0.130. The molecule has 2 nitrogen and oxygen atoms in total. The van der Waals surface area contributed by atoms with Crippen LogP contribution >= 0.6 is 27.3 Å². The van der Waals surface area contributed by atoms with Crippen LogP contribution in [0.15, 0.2) is 40.4 Å². The summed E-state index contributed by atoms with van der Waals surface area (Å²) >= 11 is 4.81. The van der Waals surface area contributed by atoms with Crippen LogP contribution in [0, 0.1) is 0 Å². The van der Waals surface area contributed by atoms with Gasteiger partial charge in [0.2, 0.25) is 0 Å². The van der Waals surface area contributed by atoms with Gasteiger partial charge in [-0.25, -0.2) is 0 Å². The highest BCUT2D eigenvalue weighted by molar-refractivity contribution is 9.10. The fourth-order valence-corrected chi connectivity index (χ4v) is 2.79. The van der Waals surface area contributed by atoms with Crippen molar-refractivity contribution in [1.82, 2.24) is 4.98 Å². The van der Waals surface area contributed by atoms with Crippen LogP contribution in [0.25, 0.3) is 0 Å². The molecule has 4 heteroatoms. The van der Waals surface area contributed by atoms with Gasteiger partial charge in [-0.3, -0.25) is 9.78 Å². The van der Waals surface area contributed by atoms with Crippen molar-refractivity contribution in [3.63, 3.8) is 0 Å². The number of rotatable bonds is 3. The quantitative estimate of drug-likeness (QED) is 0.808. The minimum atomic E-state index is 0.130. The van der Waals surface area contributed by atoms with Crippen LogP contribution in [0.4, 0.5) is 0 Å². The van der Waals surface area contributed by atoms with Crippen LogP contribution in [0.1, 0.15) is 15.2 Å². The highest BCUT2D eigenvalue weighted by Gasteiger charge is 2.11. The van der Waals surface area contributed by atoms with Gasteiger partial charge in [0, 0.05) is 23.3 Å². The molecule has 76 valence electrons. The Hall–Kier alpha value is -1.00. The second-order valence-electron chi connectivity index (χ2n) is 3.06. The van der Waals surface area contributed by atoms with Gasteiger partial charge in [-0.1, -0.05) is 6.07 Å². The van der Waals surface area contributed by atoms with E-state index in [1.54, 1.807) is 12.4 Å². The van der Waals surface area contributed by atoms with E-state index >= 15 is 0 Å². The lowest BCUT2D eigenvalue weighted by atomic mass is 10.1. The first-order valence-electron chi connectivity index (χ1n) is 4.42. The number of nitrogens with zero attached hydrogens (tertiary/aromatic N) is 1. The first kappa shape index (κ1) is 10.5. The number of hydrogen-bond donors (Lipinski definition) is 0. The van der Waals surface area contributed by atoms with E-state index in [4.69, 9.17) is 0 Å². The molecule has 2 aromatic rings. The molecule has 0 aliphatic carbocycles. The van der Waals surface area contributed by atoms with E-state index in [1.165, 1.54) is 11.3 Å². The summed E-state index contributed by atoms with van der Waals surface area (Å²) in [7, 11) is 0. The van der Waals surface area contributed by atoms with E-state index < -0.39 is 0 Å². The molecule has 0 amide bonds. The Bertz CT molecular complexity index is 466.